The Morgan fingerprint density at radius 1 is 1.35 bits per heavy atom. The molecule has 1 fully saturated rings. The molecule has 1 aliphatic carbocycles. The molecular formula is C13H20N2O2. The van der Waals surface area contributed by atoms with Crippen LogP contribution >= 0.6 is 0 Å². The molecule has 0 radical (unpaired) electrons. The van der Waals surface area contributed by atoms with Crippen molar-refractivity contribution in [2.45, 2.75) is 39.8 Å². The Morgan fingerprint density at radius 2 is 1.94 bits per heavy atom. The molecule has 4 heteroatoms. The van der Waals surface area contributed by atoms with E-state index in [9.17, 15) is 4.79 Å². The van der Waals surface area contributed by atoms with Gasteiger partial charge in [0.25, 0.3) is 5.91 Å². The fourth-order valence-corrected chi connectivity index (χ4v) is 3.16. The maximum absolute atomic E-state index is 11.9. The van der Waals surface area contributed by atoms with Gasteiger partial charge >= 0.3 is 0 Å². The lowest BCUT2D eigenvalue weighted by Crippen LogP contribution is -2.76. The highest BCUT2D eigenvalue weighted by Crippen LogP contribution is 2.52. The third kappa shape index (κ3) is 1.67. The van der Waals surface area contributed by atoms with Crippen molar-refractivity contribution in [2.24, 2.45) is 16.6 Å². The van der Waals surface area contributed by atoms with Gasteiger partial charge in [-0.3, -0.25) is 4.79 Å². The van der Waals surface area contributed by atoms with Crippen LogP contribution in [0.4, 0.5) is 0 Å². The Labute approximate surface area is 102 Å². The maximum atomic E-state index is 11.9. The van der Waals surface area contributed by atoms with Crippen LogP contribution < -0.4 is 11.1 Å². The van der Waals surface area contributed by atoms with Gasteiger partial charge in [0.1, 0.15) is 0 Å². The standard InChI is InChI=1S/C13H20N2O2/c1-12(2)10(14)13(3,4)11(12)15-9(16)8-6-5-7-17-8/h5-7,10-11H,14H2,1-4H3,(H,15,16). The van der Waals surface area contributed by atoms with Crippen molar-refractivity contribution in [3.05, 3.63) is 24.2 Å². The van der Waals surface area contributed by atoms with E-state index in [4.69, 9.17) is 10.2 Å². The third-order valence-corrected chi connectivity index (χ3v) is 4.11. The minimum Gasteiger partial charge on any atom is -0.459 e. The van der Waals surface area contributed by atoms with E-state index in [2.05, 4.69) is 33.0 Å². The number of hydrogen-bond donors (Lipinski definition) is 2. The number of carbonyl (C=O) groups excluding carboxylic acids is 1. The normalized spacial score (nSPS) is 29.5. The van der Waals surface area contributed by atoms with Crippen LogP contribution in [-0.2, 0) is 0 Å². The Balaban J connectivity index is 2.12. The van der Waals surface area contributed by atoms with E-state index >= 15 is 0 Å². The summed E-state index contributed by atoms with van der Waals surface area (Å²) in [5, 5.41) is 3.02. The van der Waals surface area contributed by atoms with Crippen LogP contribution in [0.3, 0.4) is 0 Å². The summed E-state index contributed by atoms with van der Waals surface area (Å²) in [6, 6.07) is 3.51. The number of nitrogens with one attached hydrogen (secondary N) is 1. The summed E-state index contributed by atoms with van der Waals surface area (Å²) >= 11 is 0. The highest BCUT2D eigenvalue weighted by molar-refractivity contribution is 5.91. The van der Waals surface area contributed by atoms with E-state index in [0.29, 0.717) is 5.76 Å². The Kier molecular flexibility index (Phi) is 2.58. The summed E-state index contributed by atoms with van der Waals surface area (Å²) in [6.45, 7) is 8.32. The average Bonchev–Trinajstić information content (AvgIpc) is 2.77. The van der Waals surface area contributed by atoms with Crippen LogP contribution in [0.25, 0.3) is 0 Å². The first kappa shape index (κ1) is 12.2. The molecule has 0 bridgehead atoms. The molecule has 3 N–H and O–H groups in total. The van der Waals surface area contributed by atoms with Crippen molar-refractivity contribution in [3.63, 3.8) is 0 Å². The molecule has 2 rings (SSSR count). The van der Waals surface area contributed by atoms with Gasteiger partial charge in [0.05, 0.1) is 6.26 Å². The Hall–Kier alpha value is -1.29. The second-order valence-electron chi connectivity index (χ2n) is 6.00. The summed E-state index contributed by atoms with van der Waals surface area (Å²) in [6.07, 6.45) is 1.50. The second kappa shape index (κ2) is 3.60. The van der Waals surface area contributed by atoms with Gasteiger partial charge in [-0.2, -0.15) is 0 Å². The number of carbonyl (C=O) groups is 1. The molecule has 0 unspecified atom stereocenters. The first-order valence-corrected chi connectivity index (χ1v) is 5.88. The molecule has 1 heterocycles. The fraction of sp³-hybridized carbons (Fsp3) is 0.615. The fourth-order valence-electron chi connectivity index (χ4n) is 3.16. The number of rotatable bonds is 2. The zero-order chi connectivity index (χ0) is 12.8. The first-order valence-electron chi connectivity index (χ1n) is 5.88. The van der Waals surface area contributed by atoms with Gasteiger partial charge < -0.3 is 15.5 Å². The Morgan fingerprint density at radius 3 is 2.41 bits per heavy atom. The van der Waals surface area contributed by atoms with Crippen molar-refractivity contribution in [1.29, 1.82) is 0 Å². The van der Waals surface area contributed by atoms with Crippen molar-refractivity contribution >= 4 is 5.91 Å². The van der Waals surface area contributed by atoms with Gasteiger partial charge in [-0.1, -0.05) is 27.7 Å². The third-order valence-electron chi connectivity index (χ3n) is 4.11. The lowest BCUT2D eigenvalue weighted by Gasteiger charge is -2.62. The summed E-state index contributed by atoms with van der Waals surface area (Å²) in [7, 11) is 0. The van der Waals surface area contributed by atoms with E-state index in [1.807, 2.05) is 0 Å². The molecule has 1 saturated carbocycles. The molecule has 4 nitrogen and oxygen atoms in total. The Bertz CT molecular complexity index is 405. The maximum Gasteiger partial charge on any atom is 0.287 e. The van der Waals surface area contributed by atoms with Crippen LogP contribution in [-0.4, -0.2) is 18.0 Å². The lowest BCUT2D eigenvalue weighted by atomic mass is 9.48. The summed E-state index contributed by atoms with van der Waals surface area (Å²) in [5.74, 6) is 0.171. The van der Waals surface area contributed by atoms with Crippen LogP contribution in [0.15, 0.2) is 22.8 Å². The highest BCUT2D eigenvalue weighted by atomic mass is 16.3. The minimum atomic E-state index is -0.173. The van der Waals surface area contributed by atoms with Gasteiger partial charge in [-0.15, -0.1) is 0 Å². The molecule has 17 heavy (non-hydrogen) atoms. The molecule has 1 amide bonds. The molecule has 1 aromatic rings. The minimum absolute atomic E-state index is 0.0580. The zero-order valence-corrected chi connectivity index (χ0v) is 10.8. The van der Waals surface area contributed by atoms with Crippen LogP contribution in [0, 0.1) is 10.8 Å². The zero-order valence-electron chi connectivity index (χ0n) is 10.8. The van der Waals surface area contributed by atoms with E-state index in [-0.39, 0.29) is 28.8 Å². The van der Waals surface area contributed by atoms with Crippen molar-refractivity contribution in [3.8, 4) is 0 Å². The number of furan rings is 1. The van der Waals surface area contributed by atoms with Crippen molar-refractivity contribution in [2.75, 3.05) is 0 Å². The molecule has 1 aromatic heterocycles. The van der Waals surface area contributed by atoms with E-state index in [1.165, 1.54) is 6.26 Å². The summed E-state index contributed by atoms with van der Waals surface area (Å²) in [4.78, 5) is 11.9. The van der Waals surface area contributed by atoms with Gasteiger partial charge in [0, 0.05) is 22.9 Å². The largest absolute Gasteiger partial charge is 0.459 e. The van der Waals surface area contributed by atoms with Gasteiger partial charge in [0.2, 0.25) is 0 Å². The number of hydrogen-bond acceptors (Lipinski definition) is 3. The smallest absolute Gasteiger partial charge is 0.287 e. The summed E-state index contributed by atoms with van der Waals surface area (Å²) < 4.78 is 5.08. The molecule has 1 aliphatic rings. The molecule has 94 valence electrons. The predicted octanol–water partition coefficient (Wildman–Crippen LogP) is 1.77. The van der Waals surface area contributed by atoms with Crippen molar-refractivity contribution < 1.29 is 9.21 Å². The monoisotopic (exact) mass is 236 g/mol. The quantitative estimate of drug-likeness (QED) is 0.822. The molecular weight excluding hydrogens is 216 g/mol. The first-order chi connectivity index (χ1) is 7.78. The lowest BCUT2D eigenvalue weighted by molar-refractivity contribution is -0.0666. The molecule has 0 saturated heterocycles. The topological polar surface area (TPSA) is 68.3 Å². The SMILES string of the molecule is CC1(C)C(N)C(C)(C)C1NC(=O)c1ccco1. The number of amides is 1. The second-order valence-corrected chi connectivity index (χ2v) is 6.00. The predicted molar refractivity (Wildman–Crippen MR) is 65.5 cm³/mol. The van der Waals surface area contributed by atoms with Gasteiger partial charge in [-0.05, 0) is 12.1 Å². The molecule has 0 aliphatic heterocycles. The molecule has 0 spiro atoms. The van der Waals surface area contributed by atoms with Crippen LogP contribution in [0.1, 0.15) is 38.2 Å². The van der Waals surface area contributed by atoms with Gasteiger partial charge in [0.15, 0.2) is 5.76 Å². The molecule has 0 atom stereocenters. The van der Waals surface area contributed by atoms with E-state index in [0.717, 1.165) is 0 Å². The van der Waals surface area contributed by atoms with E-state index in [1.54, 1.807) is 12.1 Å². The summed E-state index contributed by atoms with van der Waals surface area (Å²) in [5.41, 5.74) is 5.96. The average molecular weight is 236 g/mol. The highest BCUT2D eigenvalue weighted by Gasteiger charge is 2.60. The molecule has 0 aromatic carbocycles. The van der Waals surface area contributed by atoms with Crippen LogP contribution in [0.5, 0.6) is 0 Å². The van der Waals surface area contributed by atoms with Crippen LogP contribution in [0.2, 0.25) is 0 Å². The van der Waals surface area contributed by atoms with Crippen molar-refractivity contribution in [1.82, 2.24) is 5.32 Å². The number of nitrogens with two attached hydrogens (primary N) is 1. The van der Waals surface area contributed by atoms with Gasteiger partial charge in [-0.25, -0.2) is 0 Å². The van der Waals surface area contributed by atoms with E-state index < -0.39 is 0 Å².